The topological polar surface area (TPSA) is 84.5 Å². The van der Waals surface area contributed by atoms with Gasteiger partial charge < -0.3 is 15.4 Å². The Morgan fingerprint density at radius 1 is 1.15 bits per heavy atom. The molecule has 1 aromatic carbocycles. The highest BCUT2D eigenvalue weighted by Crippen LogP contribution is 2.34. The highest BCUT2D eigenvalue weighted by Gasteiger charge is 2.26. The normalized spacial score (nSPS) is 10.4. The smallest absolute Gasteiger partial charge is 0.341 e. The Hall–Kier alpha value is -2.67. The summed E-state index contributed by atoms with van der Waals surface area (Å²) in [4.78, 5) is 37.6. The number of hydrogen-bond acceptors (Lipinski definition) is 5. The van der Waals surface area contributed by atoms with Gasteiger partial charge in [-0.1, -0.05) is 31.0 Å². The first-order valence-electron chi connectivity index (χ1n) is 8.77. The number of esters is 1. The molecule has 0 radical (unpaired) electrons. The van der Waals surface area contributed by atoms with E-state index < -0.39 is 5.97 Å². The van der Waals surface area contributed by atoms with Crippen molar-refractivity contribution in [2.75, 3.05) is 19.0 Å². The second kappa shape index (κ2) is 9.32. The summed E-state index contributed by atoms with van der Waals surface area (Å²) in [6, 6.07) is 7.13. The van der Waals surface area contributed by atoms with Crippen LogP contribution in [0.3, 0.4) is 0 Å². The Balaban J connectivity index is 2.33. The molecule has 0 fully saturated rings. The van der Waals surface area contributed by atoms with Crippen molar-refractivity contribution in [3.8, 4) is 0 Å². The summed E-state index contributed by atoms with van der Waals surface area (Å²) in [7, 11) is 1.27. The minimum absolute atomic E-state index is 0.212. The van der Waals surface area contributed by atoms with Crippen molar-refractivity contribution in [1.29, 1.82) is 0 Å². The minimum atomic E-state index is -0.587. The van der Waals surface area contributed by atoms with E-state index in [0.29, 0.717) is 27.5 Å². The van der Waals surface area contributed by atoms with Crippen LogP contribution in [-0.2, 0) is 4.74 Å². The van der Waals surface area contributed by atoms with Crippen LogP contribution in [-0.4, -0.2) is 31.4 Å². The monoisotopic (exact) mass is 388 g/mol. The molecule has 0 bridgehead atoms. The van der Waals surface area contributed by atoms with E-state index in [1.54, 1.807) is 25.1 Å². The molecule has 6 nitrogen and oxygen atoms in total. The number of rotatable bonds is 7. The van der Waals surface area contributed by atoms with Gasteiger partial charge in [0.1, 0.15) is 5.00 Å². The van der Waals surface area contributed by atoms with E-state index in [2.05, 4.69) is 10.6 Å². The van der Waals surface area contributed by atoms with Crippen molar-refractivity contribution in [3.05, 3.63) is 51.4 Å². The third-order valence-electron chi connectivity index (χ3n) is 4.07. The number of carbonyl (C=O) groups excluding carboxylic acids is 3. The Morgan fingerprint density at radius 2 is 1.89 bits per heavy atom. The second-order valence-electron chi connectivity index (χ2n) is 6.18. The van der Waals surface area contributed by atoms with Gasteiger partial charge in [-0.3, -0.25) is 9.59 Å². The summed E-state index contributed by atoms with van der Waals surface area (Å²) >= 11 is 1.08. The van der Waals surface area contributed by atoms with E-state index in [1.165, 1.54) is 7.11 Å². The maximum Gasteiger partial charge on any atom is 0.341 e. The molecule has 0 aliphatic rings. The Kier molecular flexibility index (Phi) is 7.12. The van der Waals surface area contributed by atoms with Gasteiger partial charge >= 0.3 is 5.97 Å². The number of aryl methyl sites for hydroxylation is 1. The standard InChI is InChI=1S/C20H24N2O4S/c1-5-6-10-21-18(24)16-13(3)15(20(25)26-4)19(27-16)22-17(23)14-9-7-8-12(2)11-14/h7-9,11H,5-6,10H2,1-4H3,(H,21,24)(H,22,23). The van der Waals surface area contributed by atoms with Crippen LogP contribution in [0.5, 0.6) is 0 Å². The number of carbonyl (C=O) groups is 3. The predicted octanol–water partition coefficient (Wildman–Crippen LogP) is 3.93. The summed E-state index contributed by atoms with van der Waals surface area (Å²) in [6.45, 7) is 6.17. The summed E-state index contributed by atoms with van der Waals surface area (Å²) in [5, 5.41) is 5.90. The quantitative estimate of drug-likeness (QED) is 0.556. The lowest BCUT2D eigenvalue weighted by Gasteiger charge is -2.06. The fourth-order valence-corrected chi connectivity index (χ4v) is 3.69. The fraction of sp³-hybridized carbons (Fsp3) is 0.350. The molecule has 144 valence electrons. The first-order valence-corrected chi connectivity index (χ1v) is 9.58. The molecule has 0 saturated carbocycles. The number of nitrogens with one attached hydrogen (secondary N) is 2. The molecule has 0 unspecified atom stereocenters. The third-order valence-corrected chi connectivity index (χ3v) is 5.27. The maximum absolute atomic E-state index is 12.6. The number of benzene rings is 1. The van der Waals surface area contributed by atoms with E-state index in [1.807, 2.05) is 19.9 Å². The van der Waals surface area contributed by atoms with Crippen molar-refractivity contribution in [1.82, 2.24) is 5.32 Å². The zero-order valence-electron chi connectivity index (χ0n) is 16.0. The molecule has 1 aromatic heterocycles. The van der Waals surface area contributed by atoms with Gasteiger partial charge in [0, 0.05) is 12.1 Å². The molecule has 2 rings (SSSR count). The first-order chi connectivity index (χ1) is 12.9. The number of hydrogen-bond donors (Lipinski definition) is 2. The average Bonchev–Trinajstić information content (AvgIpc) is 2.97. The number of ether oxygens (including phenoxy) is 1. The predicted molar refractivity (Wildman–Crippen MR) is 107 cm³/mol. The highest BCUT2D eigenvalue weighted by atomic mass is 32.1. The van der Waals surface area contributed by atoms with E-state index >= 15 is 0 Å². The molecule has 2 aromatic rings. The van der Waals surface area contributed by atoms with Gasteiger partial charge in [0.15, 0.2) is 0 Å². The van der Waals surface area contributed by atoms with Gasteiger partial charge in [-0.15, -0.1) is 11.3 Å². The van der Waals surface area contributed by atoms with Gasteiger partial charge in [0.2, 0.25) is 0 Å². The highest BCUT2D eigenvalue weighted by molar-refractivity contribution is 7.18. The molecule has 2 N–H and O–H groups in total. The van der Waals surface area contributed by atoms with Gasteiger partial charge in [-0.2, -0.15) is 0 Å². The van der Waals surface area contributed by atoms with Crippen molar-refractivity contribution in [2.24, 2.45) is 0 Å². The molecule has 7 heteroatoms. The lowest BCUT2D eigenvalue weighted by molar-refractivity contribution is 0.0601. The molecule has 2 amide bonds. The summed E-state index contributed by atoms with van der Waals surface area (Å²) < 4.78 is 4.84. The van der Waals surface area contributed by atoms with Crippen LogP contribution in [0.4, 0.5) is 5.00 Å². The molecule has 27 heavy (non-hydrogen) atoms. The SMILES string of the molecule is CCCCNC(=O)c1sc(NC(=O)c2cccc(C)c2)c(C(=O)OC)c1C. The average molecular weight is 388 g/mol. The Morgan fingerprint density at radius 3 is 2.52 bits per heavy atom. The van der Waals surface area contributed by atoms with E-state index in [9.17, 15) is 14.4 Å². The van der Waals surface area contributed by atoms with Crippen LogP contribution in [0.25, 0.3) is 0 Å². The molecule has 0 aliphatic heterocycles. The van der Waals surface area contributed by atoms with Gasteiger partial charge in [0.25, 0.3) is 11.8 Å². The van der Waals surface area contributed by atoms with Crippen LogP contribution in [0.15, 0.2) is 24.3 Å². The maximum atomic E-state index is 12.6. The number of methoxy groups -OCH3 is 1. The first kappa shape index (κ1) is 20.6. The second-order valence-corrected chi connectivity index (χ2v) is 7.21. The van der Waals surface area contributed by atoms with Crippen LogP contribution < -0.4 is 10.6 Å². The van der Waals surface area contributed by atoms with Crippen LogP contribution in [0.1, 0.15) is 61.3 Å². The van der Waals surface area contributed by atoms with Gasteiger partial charge in [0.05, 0.1) is 17.6 Å². The van der Waals surface area contributed by atoms with Gasteiger partial charge in [-0.25, -0.2) is 4.79 Å². The minimum Gasteiger partial charge on any atom is -0.465 e. The number of unbranched alkanes of at least 4 members (excludes halogenated alkanes) is 1. The zero-order valence-corrected chi connectivity index (χ0v) is 16.8. The lowest BCUT2D eigenvalue weighted by Crippen LogP contribution is -2.24. The Bertz CT molecular complexity index is 858. The molecule has 1 heterocycles. The molecule has 0 saturated heterocycles. The van der Waals surface area contributed by atoms with Crippen LogP contribution in [0, 0.1) is 13.8 Å². The van der Waals surface area contributed by atoms with Gasteiger partial charge in [-0.05, 0) is 38.0 Å². The van der Waals surface area contributed by atoms with E-state index in [-0.39, 0.29) is 17.4 Å². The molecule has 0 atom stereocenters. The van der Waals surface area contributed by atoms with Crippen molar-refractivity contribution >= 4 is 34.1 Å². The summed E-state index contributed by atoms with van der Waals surface area (Å²) in [5.74, 6) is -1.19. The lowest BCUT2D eigenvalue weighted by atomic mass is 10.1. The number of amides is 2. The van der Waals surface area contributed by atoms with Crippen LogP contribution >= 0.6 is 11.3 Å². The summed E-state index contributed by atoms with van der Waals surface area (Å²) in [5.41, 5.74) is 2.14. The molecular weight excluding hydrogens is 364 g/mol. The van der Waals surface area contributed by atoms with Crippen molar-refractivity contribution < 1.29 is 19.1 Å². The van der Waals surface area contributed by atoms with E-state index in [4.69, 9.17) is 4.74 Å². The Labute approximate surface area is 162 Å². The van der Waals surface area contributed by atoms with E-state index in [0.717, 1.165) is 29.7 Å². The molecular formula is C20H24N2O4S. The van der Waals surface area contributed by atoms with Crippen molar-refractivity contribution in [3.63, 3.8) is 0 Å². The molecule has 0 aliphatic carbocycles. The van der Waals surface area contributed by atoms with Crippen molar-refractivity contribution in [2.45, 2.75) is 33.6 Å². The molecule has 0 spiro atoms. The summed E-state index contributed by atoms with van der Waals surface area (Å²) in [6.07, 6.45) is 1.84. The fourth-order valence-electron chi connectivity index (χ4n) is 2.59. The third kappa shape index (κ3) is 4.95. The zero-order chi connectivity index (χ0) is 20.0. The number of thiophene rings is 1. The largest absolute Gasteiger partial charge is 0.465 e. The van der Waals surface area contributed by atoms with Crippen LogP contribution in [0.2, 0.25) is 0 Å². The number of anilines is 1.